The van der Waals surface area contributed by atoms with E-state index in [1.54, 1.807) is 23.1 Å². The van der Waals surface area contributed by atoms with E-state index in [4.69, 9.17) is 22.7 Å². The van der Waals surface area contributed by atoms with Crippen LogP contribution in [-0.4, -0.2) is 46.7 Å². The van der Waals surface area contributed by atoms with Gasteiger partial charge in [0.15, 0.2) is 10.8 Å². The van der Waals surface area contributed by atoms with Crippen LogP contribution in [0.1, 0.15) is 19.4 Å². The minimum atomic E-state index is -0.375. The smallest absolute Gasteiger partial charge is 0.224 e. The molecule has 0 unspecified atom stereocenters. The van der Waals surface area contributed by atoms with Crippen molar-refractivity contribution in [1.82, 2.24) is 34.9 Å². The number of aryl methyl sites for hydroxylation is 1. The van der Waals surface area contributed by atoms with Crippen molar-refractivity contribution < 1.29 is 4.74 Å². The molecule has 0 saturated carbocycles. The highest BCUT2D eigenvalue weighted by Crippen LogP contribution is 2.30. The quantitative estimate of drug-likeness (QED) is 0.235. The van der Waals surface area contributed by atoms with Crippen LogP contribution in [0.3, 0.4) is 0 Å². The Morgan fingerprint density at radius 2 is 1.89 bits per heavy atom. The van der Waals surface area contributed by atoms with Crippen LogP contribution in [0.2, 0.25) is 0 Å². The lowest BCUT2D eigenvalue weighted by molar-refractivity contribution is 0.458. The monoisotopic (exact) mass is 514 g/mol. The first-order chi connectivity index (χ1) is 17.7. The number of nitrogens with one attached hydrogen (secondary N) is 3. The van der Waals surface area contributed by atoms with Gasteiger partial charge in [0.2, 0.25) is 5.88 Å². The van der Waals surface area contributed by atoms with Crippen LogP contribution in [0.25, 0.3) is 16.6 Å². The summed E-state index contributed by atoms with van der Waals surface area (Å²) in [4.78, 5) is 13.1. The van der Waals surface area contributed by atoms with Crippen molar-refractivity contribution in [2.24, 2.45) is 5.73 Å². The standard InChI is InChI=1S/C25H26N10OS/c1-15-8-16(5-7-20(15)36-22-10-21-34-31-14-35(21)13-30-22)32-23-18-9-17(4-6-19(18)28-12-29-23)33-24(37)27-11-25(2,3)26/h4-10,12-14H,11,26H2,1-3H3,(H2,27,33,37)(H,28,29,32). The molecule has 0 atom stereocenters. The molecule has 0 spiro atoms. The topological polar surface area (TPSA) is 140 Å². The Kier molecular flexibility index (Phi) is 6.51. The zero-order chi connectivity index (χ0) is 26.0. The number of benzene rings is 2. The van der Waals surface area contributed by atoms with Crippen molar-refractivity contribution in [2.45, 2.75) is 26.3 Å². The van der Waals surface area contributed by atoms with Gasteiger partial charge in [-0.05, 0) is 75.0 Å². The molecule has 0 amide bonds. The van der Waals surface area contributed by atoms with Crippen LogP contribution < -0.4 is 26.4 Å². The second-order valence-corrected chi connectivity index (χ2v) is 9.69. The van der Waals surface area contributed by atoms with Gasteiger partial charge in [0.1, 0.15) is 30.5 Å². The van der Waals surface area contributed by atoms with E-state index < -0.39 is 0 Å². The molecule has 0 radical (unpaired) electrons. The highest BCUT2D eigenvalue weighted by molar-refractivity contribution is 7.80. The van der Waals surface area contributed by atoms with Gasteiger partial charge in [0.25, 0.3) is 0 Å². The summed E-state index contributed by atoms with van der Waals surface area (Å²) < 4.78 is 7.69. The summed E-state index contributed by atoms with van der Waals surface area (Å²) in [5, 5.41) is 18.9. The number of ether oxygens (including phenoxy) is 1. The Hall–Kier alpha value is -4.42. The third-order valence-corrected chi connectivity index (χ3v) is 5.66. The number of fused-ring (bicyclic) bond motifs is 2. The van der Waals surface area contributed by atoms with Gasteiger partial charge in [-0.3, -0.25) is 4.40 Å². The molecule has 3 heterocycles. The van der Waals surface area contributed by atoms with E-state index in [2.05, 4.69) is 41.1 Å². The Morgan fingerprint density at radius 1 is 1.05 bits per heavy atom. The summed E-state index contributed by atoms with van der Waals surface area (Å²) in [6.07, 6.45) is 4.73. The van der Waals surface area contributed by atoms with Crippen molar-refractivity contribution in [2.75, 3.05) is 17.2 Å². The van der Waals surface area contributed by atoms with E-state index in [-0.39, 0.29) is 5.54 Å². The second kappa shape index (κ2) is 9.91. The summed E-state index contributed by atoms with van der Waals surface area (Å²) >= 11 is 5.41. The number of nitrogens with two attached hydrogens (primary N) is 1. The number of hydrogen-bond acceptors (Lipinski definition) is 9. The Labute approximate surface area is 218 Å². The van der Waals surface area contributed by atoms with Crippen LogP contribution in [0, 0.1) is 6.92 Å². The van der Waals surface area contributed by atoms with Crippen molar-refractivity contribution in [3.8, 4) is 11.6 Å². The van der Waals surface area contributed by atoms with Gasteiger partial charge in [-0.2, -0.15) is 0 Å². The lowest BCUT2D eigenvalue weighted by atomic mass is 10.1. The largest absolute Gasteiger partial charge is 0.439 e. The van der Waals surface area contributed by atoms with Crippen molar-refractivity contribution in [3.05, 3.63) is 67.0 Å². The first kappa shape index (κ1) is 24.3. The molecule has 0 aliphatic carbocycles. The highest BCUT2D eigenvalue weighted by atomic mass is 32.1. The first-order valence-electron chi connectivity index (χ1n) is 11.5. The predicted molar refractivity (Wildman–Crippen MR) is 147 cm³/mol. The van der Waals surface area contributed by atoms with E-state index in [1.165, 1.54) is 6.33 Å². The summed E-state index contributed by atoms with van der Waals surface area (Å²) in [5.41, 5.74) is 9.70. The molecule has 0 fully saturated rings. The van der Waals surface area contributed by atoms with E-state index in [9.17, 15) is 0 Å². The summed E-state index contributed by atoms with van der Waals surface area (Å²) in [7, 11) is 0. The number of aromatic nitrogens is 6. The van der Waals surface area contributed by atoms with Crippen LogP contribution in [0.15, 0.2) is 61.4 Å². The number of anilines is 3. The summed E-state index contributed by atoms with van der Waals surface area (Å²) in [6, 6.07) is 13.3. The maximum Gasteiger partial charge on any atom is 0.224 e. The zero-order valence-electron chi connectivity index (χ0n) is 20.6. The predicted octanol–water partition coefficient (Wildman–Crippen LogP) is 3.94. The van der Waals surface area contributed by atoms with Gasteiger partial charge in [0, 0.05) is 34.9 Å². The number of nitrogens with zero attached hydrogens (tertiary/aromatic N) is 6. The molecular formula is C25H26N10OS. The molecule has 0 aliphatic heterocycles. The zero-order valence-corrected chi connectivity index (χ0v) is 21.4. The molecule has 11 nitrogen and oxygen atoms in total. The van der Waals surface area contributed by atoms with E-state index in [1.807, 2.05) is 57.2 Å². The molecule has 5 N–H and O–H groups in total. The number of hydrogen-bond donors (Lipinski definition) is 4. The van der Waals surface area contributed by atoms with Crippen LogP contribution in [0.5, 0.6) is 11.6 Å². The molecule has 5 rings (SSSR count). The number of rotatable bonds is 7. The Bertz CT molecular complexity index is 1590. The highest BCUT2D eigenvalue weighted by Gasteiger charge is 2.12. The van der Waals surface area contributed by atoms with Gasteiger partial charge < -0.3 is 26.4 Å². The van der Waals surface area contributed by atoms with Crippen LogP contribution in [-0.2, 0) is 0 Å². The van der Waals surface area contributed by atoms with Gasteiger partial charge in [0.05, 0.1) is 5.52 Å². The van der Waals surface area contributed by atoms with Crippen LogP contribution in [0.4, 0.5) is 17.2 Å². The van der Waals surface area contributed by atoms with Crippen LogP contribution >= 0.6 is 12.2 Å². The third-order valence-electron chi connectivity index (χ3n) is 5.41. The Morgan fingerprint density at radius 3 is 2.70 bits per heavy atom. The SMILES string of the molecule is Cc1cc(Nc2ncnc3ccc(NC(=S)NCC(C)(C)N)cc23)ccc1Oc1cc2nncn2cn1. The molecule has 0 bridgehead atoms. The van der Waals surface area contributed by atoms with Gasteiger partial charge in [-0.15, -0.1) is 10.2 Å². The molecule has 37 heavy (non-hydrogen) atoms. The lowest BCUT2D eigenvalue weighted by Crippen LogP contribution is -2.46. The second-order valence-electron chi connectivity index (χ2n) is 9.28. The fourth-order valence-electron chi connectivity index (χ4n) is 3.57. The molecule has 0 saturated heterocycles. The molecule has 2 aromatic carbocycles. The average Bonchev–Trinajstić information content (AvgIpc) is 3.32. The average molecular weight is 515 g/mol. The van der Waals surface area contributed by atoms with Crippen molar-refractivity contribution in [3.63, 3.8) is 0 Å². The van der Waals surface area contributed by atoms with Crippen molar-refractivity contribution >= 4 is 51.1 Å². The van der Waals surface area contributed by atoms with Gasteiger partial charge in [-0.25, -0.2) is 15.0 Å². The maximum absolute atomic E-state index is 6.03. The molecule has 12 heteroatoms. The maximum atomic E-state index is 6.03. The van der Waals surface area contributed by atoms with E-state index in [0.717, 1.165) is 27.8 Å². The van der Waals surface area contributed by atoms with E-state index in [0.29, 0.717) is 34.8 Å². The summed E-state index contributed by atoms with van der Waals surface area (Å²) in [6.45, 7) is 6.38. The van der Waals surface area contributed by atoms with Crippen molar-refractivity contribution in [1.29, 1.82) is 0 Å². The Balaban J connectivity index is 1.33. The fraction of sp³-hybridized carbons (Fsp3) is 0.200. The molecule has 188 valence electrons. The van der Waals surface area contributed by atoms with Gasteiger partial charge in [-0.1, -0.05) is 0 Å². The minimum absolute atomic E-state index is 0.375. The number of thiocarbonyl (C=S) groups is 1. The van der Waals surface area contributed by atoms with E-state index >= 15 is 0 Å². The van der Waals surface area contributed by atoms with Gasteiger partial charge >= 0.3 is 0 Å². The molecule has 3 aromatic heterocycles. The lowest BCUT2D eigenvalue weighted by Gasteiger charge is -2.20. The third kappa shape index (κ3) is 5.88. The normalized spacial score (nSPS) is 11.5. The molecule has 0 aliphatic rings. The fourth-order valence-corrected chi connectivity index (χ4v) is 3.76. The summed E-state index contributed by atoms with van der Waals surface area (Å²) in [5.74, 6) is 1.79. The molecule has 5 aromatic rings. The first-order valence-corrected chi connectivity index (χ1v) is 11.9. The molecular weight excluding hydrogens is 488 g/mol. The minimum Gasteiger partial charge on any atom is -0.439 e.